The van der Waals surface area contributed by atoms with Gasteiger partial charge in [0.25, 0.3) is 0 Å². The van der Waals surface area contributed by atoms with Gasteiger partial charge >= 0.3 is 5.38 Å². The van der Waals surface area contributed by atoms with Crippen LogP contribution >= 0.6 is 11.6 Å². The molecule has 0 saturated carbocycles. The van der Waals surface area contributed by atoms with Crippen LogP contribution in [0.3, 0.4) is 0 Å². The van der Waals surface area contributed by atoms with Crippen molar-refractivity contribution in [3.8, 4) is 11.1 Å². The van der Waals surface area contributed by atoms with Crippen molar-refractivity contribution < 1.29 is 18.3 Å². The summed E-state index contributed by atoms with van der Waals surface area (Å²) in [5.74, 6) is 0.159. The number of hydrogen-bond donors (Lipinski definition) is 2. The van der Waals surface area contributed by atoms with Crippen molar-refractivity contribution in [3.63, 3.8) is 0 Å². The van der Waals surface area contributed by atoms with Gasteiger partial charge in [-0.1, -0.05) is 18.7 Å². The second-order valence-electron chi connectivity index (χ2n) is 7.97. The third kappa shape index (κ3) is 5.83. The Labute approximate surface area is 194 Å². The van der Waals surface area contributed by atoms with Crippen LogP contribution in [0.4, 0.5) is 24.7 Å². The largest absolute Gasteiger partial charge is 0.391 e. The Morgan fingerprint density at radius 2 is 1.97 bits per heavy atom. The highest BCUT2D eigenvalue weighted by Crippen LogP contribution is 2.33. The average Bonchev–Trinajstić information content (AvgIpc) is 3.20. The number of rotatable bonds is 7. The number of nitrogens with one attached hydrogen (secondary N) is 1. The summed E-state index contributed by atoms with van der Waals surface area (Å²) >= 11 is 5.00. The number of nitrogens with zero attached hydrogens (tertiary/aromatic N) is 3. The lowest BCUT2D eigenvalue weighted by atomic mass is 10.0. The van der Waals surface area contributed by atoms with Crippen LogP contribution in [0.15, 0.2) is 61.6 Å². The van der Waals surface area contributed by atoms with E-state index in [1.165, 1.54) is 6.07 Å². The van der Waals surface area contributed by atoms with Crippen LogP contribution in [0.25, 0.3) is 16.8 Å². The number of aliphatic hydroxyl groups is 1. The zero-order valence-electron chi connectivity index (χ0n) is 17.6. The lowest BCUT2D eigenvalue weighted by molar-refractivity contribution is 0.0969. The van der Waals surface area contributed by atoms with Crippen molar-refractivity contribution in [1.29, 1.82) is 0 Å². The number of benzene rings is 1. The molecule has 1 aromatic carbocycles. The summed E-state index contributed by atoms with van der Waals surface area (Å²) in [6.45, 7) is 5.13. The standard InChI is InChI=1S/C24H22ClF3N4O/c1-15(31-20-4-2-16(3-5-20)10-24(25,27)28)17-9-22(18-8-19(26)13-29-11-18)23(30-12-17)32-7-6-21(33)14-32/h2-5,8-9,11-13,21,31,33H,1,6-7,10,14H2/t21-/m1/s1. The maximum atomic E-state index is 13.9. The van der Waals surface area contributed by atoms with Crippen molar-refractivity contribution in [3.05, 3.63) is 78.5 Å². The van der Waals surface area contributed by atoms with Crippen LogP contribution in [0, 0.1) is 5.82 Å². The average molecular weight is 475 g/mol. The van der Waals surface area contributed by atoms with Crippen LogP contribution in [0.5, 0.6) is 0 Å². The van der Waals surface area contributed by atoms with Gasteiger partial charge in [0.05, 0.1) is 18.7 Å². The smallest absolute Gasteiger partial charge is 0.325 e. The fourth-order valence-corrected chi connectivity index (χ4v) is 3.92. The summed E-state index contributed by atoms with van der Waals surface area (Å²) in [7, 11) is 0. The van der Waals surface area contributed by atoms with Gasteiger partial charge in [0.1, 0.15) is 11.6 Å². The summed E-state index contributed by atoms with van der Waals surface area (Å²) in [4.78, 5) is 10.5. The first-order valence-corrected chi connectivity index (χ1v) is 10.7. The highest BCUT2D eigenvalue weighted by molar-refractivity contribution is 6.21. The molecule has 4 rings (SSSR count). The van der Waals surface area contributed by atoms with Gasteiger partial charge in [-0.2, -0.15) is 8.78 Å². The van der Waals surface area contributed by atoms with E-state index in [-0.39, 0.29) is 0 Å². The molecule has 1 aliphatic rings. The molecule has 1 aliphatic heterocycles. The number of pyridine rings is 2. The van der Waals surface area contributed by atoms with Gasteiger partial charge in [-0.15, -0.1) is 0 Å². The van der Waals surface area contributed by atoms with Crippen LogP contribution in [-0.4, -0.2) is 39.6 Å². The van der Waals surface area contributed by atoms with Gasteiger partial charge in [-0.25, -0.2) is 9.37 Å². The number of halogens is 4. The van der Waals surface area contributed by atoms with Crippen LogP contribution in [0.1, 0.15) is 17.5 Å². The van der Waals surface area contributed by atoms with Gasteiger partial charge in [0.2, 0.25) is 0 Å². The van der Waals surface area contributed by atoms with Crippen molar-refractivity contribution in [1.82, 2.24) is 9.97 Å². The molecule has 1 atom stereocenters. The van der Waals surface area contributed by atoms with Gasteiger partial charge in [-0.05, 0) is 47.9 Å². The number of alkyl halides is 3. The Kier molecular flexibility index (Phi) is 6.58. The highest BCUT2D eigenvalue weighted by Gasteiger charge is 2.25. The Hall–Kier alpha value is -3.10. The predicted octanol–water partition coefficient (Wildman–Crippen LogP) is 5.31. The number of aliphatic hydroxyl groups excluding tert-OH is 1. The molecule has 0 unspecified atom stereocenters. The van der Waals surface area contributed by atoms with Gasteiger partial charge in [-0.3, -0.25) is 4.98 Å². The molecule has 0 bridgehead atoms. The fourth-order valence-electron chi connectivity index (χ4n) is 3.76. The molecule has 1 fully saturated rings. The van der Waals surface area contributed by atoms with Crippen LogP contribution in [-0.2, 0) is 6.42 Å². The highest BCUT2D eigenvalue weighted by atomic mass is 35.5. The normalized spacial score (nSPS) is 16.2. The van der Waals surface area contributed by atoms with Gasteiger partial charge in [0, 0.05) is 53.6 Å². The zero-order chi connectivity index (χ0) is 23.6. The summed E-state index contributed by atoms with van der Waals surface area (Å²) in [6.07, 6.45) is 3.96. The van der Waals surface area contributed by atoms with Crippen molar-refractivity contribution in [2.75, 3.05) is 23.3 Å². The first-order chi connectivity index (χ1) is 15.7. The maximum Gasteiger partial charge on any atom is 0.325 e. The summed E-state index contributed by atoms with van der Waals surface area (Å²) in [5, 5.41) is 9.78. The minimum atomic E-state index is -3.29. The monoisotopic (exact) mass is 474 g/mol. The Bertz CT molecular complexity index is 1150. The van der Waals surface area contributed by atoms with E-state index in [9.17, 15) is 18.3 Å². The van der Waals surface area contributed by atoms with E-state index in [0.717, 1.165) is 6.20 Å². The SMILES string of the molecule is C=C(Nc1ccc(CC(F)(F)Cl)cc1)c1cnc(N2CC[C@@H](O)C2)c(-c2cncc(F)c2)c1. The molecule has 3 aromatic rings. The molecule has 3 heterocycles. The fraction of sp³-hybridized carbons (Fsp3) is 0.250. The lowest BCUT2D eigenvalue weighted by Gasteiger charge is -2.21. The second kappa shape index (κ2) is 9.41. The third-order valence-electron chi connectivity index (χ3n) is 5.35. The molecule has 172 valence electrons. The molecule has 0 amide bonds. The first kappa shape index (κ1) is 23.1. The van der Waals surface area contributed by atoms with Crippen molar-refractivity contribution >= 4 is 28.8 Å². The molecule has 2 aromatic heterocycles. The Balaban J connectivity index is 1.60. The summed E-state index contributed by atoms with van der Waals surface area (Å²) in [5.41, 5.74) is 3.47. The minimum Gasteiger partial charge on any atom is -0.391 e. The Morgan fingerprint density at radius 1 is 1.21 bits per heavy atom. The van der Waals surface area contributed by atoms with E-state index in [1.807, 2.05) is 11.0 Å². The summed E-state index contributed by atoms with van der Waals surface area (Å²) in [6, 6.07) is 9.67. The van der Waals surface area contributed by atoms with Gasteiger partial charge < -0.3 is 15.3 Å². The van der Waals surface area contributed by atoms with E-state index in [4.69, 9.17) is 11.6 Å². The van der Waals surface area contributed by atoms with Gasteiger partial charge in [0.15, 0.2) is 0 Å². The Morgan fingerprint density at radius 3 is 2.61 bits per heavy atom. The van der Waals surface area contributed by atoms with E-state index in [1.54, 1.807) is 36.7 Å². The predicted molar refractivity (Wildman–Crippen MR) is 124 cm³/mol. The molecule has 0 radical (unpaired) electrons. The molecule has 0 spiro atoms. The third-order valence-corrected chi connectivity index (χ3v) is 5.48. The van der Waals surface area contributed by atoms with E-state index in [2.05, 4.69) is 21.9 Å². The van der Waals surface area contributed by atoms with E-state index in [0.29, 0.717) is 59.0 Å². The molecule has 2 N–H and O–H groups in total. The second-order valence-corrected chi connectivity index (χ2v) is 8.52. The van der Waals surface area contributed by atoms with E-state index < -0.39 is 23.7 Å². The number of β-amino-alcohol motifs (C(OH)–C–C–N with tert-alkyl or cyclic N) is 1. The molecular weight excluding hydrogens is 453 g/mol. The summed E-state index contributed by atoms with van der Waals surface area (Å²) < 4.78 is 39.9. The molecule has 1 saturated heterocycles. The molecule has 0 aliphatic carbocycles. The quantitative estimate of drug-likeness (QED) is 0.454. The van der Waals surface area contributed by atoms with Crippen LogP contribution in [0.2, 0.25) is 0 Å². The number of aromatic nitrogens is 2. The number of hydrogen-bond acceptors (Lipinski definition) is 5. The molecule has 9 heteroatoms. The first-order valence-electron chi connectivity index (χ1n) is 10.3. The lowest BCUT2D eigenvalue weighted by Crippen LogP contribution is -2.23. The molecule has 5 nitrogen and oxygen atoms in total. The minimum absolute atomic E-state index is 0.408. The van der Waals surface area contributed by atoms with Crippen molar-refractivity contribution in [2.24, 2.45) is 0 Å². The molecule has 33 heavy (non-hydrogen) atoms. The van der Waals surface area contributed by atoms with Crippen molar-refractivity contribution in [2.45, 2.75) is 24.3 Å². The van der Waals surface area contributed by atoms with E-state index >= 15 is 0 Å². The zero-order valence-corrected chi connectivity index (χ0v) is 18.4. The maximum absolute atomic E-state index is 13.9. The number of anilines is 2. The molecular formula is C24H22ClF3N4O. The topological polar surface area (TPSA) is 61.3 Å². The van der Waals surface area contributed by atoms with Crippen LogP contribution < -0.4 is 10.2 Å².